The number of benzene rings is 1. The van der Waals surface area contributed by atoms with Crippen molar-refractivity contribution in [2.75, 3.05) is 11.1 Å². The Hall–Kier alpha value is -1.67. The molecule has 1 aromatic carbocycles. The number of amides is 1. The third kappa shape index (κ3) is 4.67. The van der Waals surface area contributed by atoms with Crippen molar-refractivity contribution in [3.05, 3.63) is 30.1 Å². The maximum Gasteiger partial charge on any atom is 0.267 e. The lowest BCUT2D eigenvalue weighted by Gasteiger charge is -2.16. The van der Waals surface area contributed by atoms with E-state index in [0.717, 1.165) is 10.1 Å². The molecule has 0 aliphatic carbocycles. The second-order valence-electron chi connectivity index (χ2n) is 4.26. The molecule has 1 amide bonds. The summed E-state index contributed by atoms with van der Waals surface area (Å²) in [7, 11) is 0. The van der Waals surface area contributed by atoms with Crippen molar-refractivity contribution in [3.63, 3.8) is 0 Å². The molecule has 1 aromatic heterocycles. The summed E-state index contributed by atoms with van der Waals surface area (Å²) in [5, 5.41) is 11.0. The van der Waals surface area contributed by atoms with E-state index in [4.69, 9.17) is 4.74 Å². The Morgan fingerprint density at radius 2 is 2.09 bits per heavy atom. The van der Waals surface area contributed by atoms with Crippen LogP contribution in [0.5, 0.6) is 5.75 Å². The zero-order chi connectivity index (χ0) is 15.9. The van der Waals surface area contributed by atoms with Crippen LogP contribution in [-0.4, -0.2) is 28.0 Å². The number of hydrogen-bond acceptors (Lipinski definition) is 6. The van der Waals surface area contributed by atoms with E-state index < -0.39 is 6.10 Å². The standard InChI is InChI=1S/C14H16FN3O2S2/c1-3-11(20-10-7-5-9(15)6-8-10)12(19)16-13-17-18-14(22-13)21-4-2/h5-8,11H,3-4H2,1-2H3,(H,16,17,19)/t11-/m1/s1. The van der Waals surface area contributed by atoms with Crippen molar-refractivity contribution in [1.82, 2.24) is 10.2 Å². The highest BCUT2D eigenvalue weighted by atomic mass is 32.2. The first-order chi connectivity index (χ1) is 10.6. The third-order valence-electron chi connectivity index (χ3n) is 2.66. The molecular formula is C14H16FN3O2S2. The molecule has 0 aliphatic heterocycles. The number of carbonyl (C=O) groups is 1. The minimum absolute atomic E-state index is 0.295. The largest absolute Gasteiger partial charge is 0.481 e. The van der Waals surface area contributed by atoms with Crippen LogP contribution < -0.4 is 10.1 Å². The monoisotopic (exact) mass is 341 g/mol. The predicted molar refractivity (Wildman–Crippen MR) is 86.0 cm³/mol. The molecule has 0 saturated carbocycles. The van der Waals surface area contributed by atoms with E-state index >= 15 is 0 Å². The van der Waals surface area contributed by atoms with E-state index in [0.29, 0.717) is 17.3 Å². The van der Waals surface area contributed by atoms with E-state index in [2.05, 4.69) is 15.5 Å². The van der Waals surface area contributed by atoms with Gasteiger partial charge in [-0.2, -0.15) is 0 Å². The smallest absolute Gasteiger partial charge is 0.267 e. The molecule has 0 spiro atoms. The highest BCUT2D eigenvalue weighted by Gasteiger charge is 2.20. The molecule has 0 aliphatic rings. The second kappa shape index (κ2) is 8.09. The summed E-state index contributed by atoms with van der Waals surface area (Å²) in [5.41, 5.74) is 0. The predicted octanol–water partition coefficient (Wildman–Crippen LogP) is 3.59. The average Bonchev–Trinajstić information content (AvgIpc) is 2.94. The Balaban J connectivity index is 1.97. The van der Waals surface area contributed by atoms with Gasteiger partial charge in [-0.25, -0.2) is 4.39 Å². The molecule has 1 heterocycles. The second-order valence-corrected chi connectivity index (χ2v) is 6.75. The number of nitrogens with zero attached hydrogens (tertiary/aromatic N) is 2. The number of carbonyl (C=O) groups excluding carboxylic acids is 1. The fourth-order valence-corrected chi connectivity index (χ4v) is 3.28. The number of nitrogens with one attached hydrogen (secondary N) is 1. The maximum atomic E-state index is 12.9. The van der Waals surface area contributed by atoms with Gasteiger partial charge in [0.1, 0.15) is 11.6 Å². The van der Waals surface area contributed by atoms with Crippen LogP contribution in [0.2, 0.25) is 0 Å². The molecule has 0 unspecified atom stereocenters. The summed E-state index contributed by atoms with van der Waals surface area (Å²) in [6.07, 6.45) is -0.185. The molecule has 5 nitrogen and oxygen atoms in total. The summed E-state index contributed by atoms with van der Waals surface area (Å²) in [5.74, 6) is 0.701. The highest BCUT2D eigenvalue weighted by molar-refractivity contribution is 8.01. The number of anilines is 1. The zero-order valence-electron chi connectivity index (χ0n) is 12.2. The van der Waals surface area contributed by atoms with E-state index in [-0.39, 0.29) is 11.7 Å². The first-order valence-electron chi connectivity index (χ1n) is 6.81. The van der Waals surface area contributed by atoms with Crippen molar-refractivity contribution in [2.24, 2.45) is 0 Å². The summed E-state index contributed by atoms with van der Waals surface area (Å²) in [6.45, 7) is 3.86. The SMILES string of the molecule is CCSc1nnc(NC(=O)[C@@H](CC)Oc2ccc(F)cc2)s1. The van der Waals surface area contributed by atoms with Crippen LogP contribution in [0.25, 0.3) is 0 Å². The fourth-order valence-electron chi connectivity index (χ4n) is 1.63. The number of halogens is 1. The van der Waals surface area contributed by atoms with Crippen molar-refractivity contribution in [1.29, 1.82) is 0 Å². The van der Waals surface area contributed by atoms with Crippen LogP contribution in [0.3, 0.4) is 0 Å². The number of hydrogen-bond donors (Lipinski definition) is 1. The number of aromatic nitrogens is 2. The van der Waals surface area contributed by atoms with Crippen molar-refractivity contribution in [3.8, 4) is 5.75 Å². The summed E-state index contributed by atoms with van der Waals surface area (Å²) >= 11 is 2.89. The van der Waals surface area contributed by atoms with Gasteiger partial charge in [0.05, 0.1) is 0 Å². The van der Waals surface area contributed by atoms with Crippen molar-refractivity contribution < 1.29 is 13.9 Å². The summed E-state index contributed by atoms with van der Waals surface area (Å²) < 4.78 is 19.3. The van der Waals surface area contributed by atoms with E-state index in [1.807, 2.05) is 13.8 Å². The van der Waals surface area contributed by atoms with Crippen LogP contribution in [0.4, 0.5) is 9.52 Å². The van der Waals surface area contributed by atoms with Crippen LogP contribution in [0, 0.1) is 5.82 Å². The van der Waals surface area contributed by atoms with Crippen LogP contribution in [-0.2, 0) is 4.79 Å². The molecule has 8 heteroatoms. The van der Waals surface area contributed by atoms with Gasteiger partial charge in [-0.05, 0) is 36.4 Å². The molecule has 1 atom stereocenters. The molecule has 0 saturated heterocycles. The van der Waals surface area contributed by atoms with E-state index in [1.54, 1.807) is 11.8 Å². The highest BCUT2D eigenvalue weighted by Crippen LogP contribution is 2.25. The lowest BCUT2D eigenvalue weighted by molar-refractivity contribution is -0.122. The first kappa shape index (κ1) is 16.7. The minimum Gasteiger partial charge on any atom is -0.481 e. The Kier molecular flexibility index (Phi) is 6.14. The van der Waals surface area contributed by atoms with Gasteiger partial charge in [0, 0.05) is 0 Å². The van der Waals surface area contributed by atoms with Crippen LogP contribution >= 0.6 is 23.1 Å². The summed E-state index contributed by atoms with van der Waals surface area (Å²) in [6, 6.07) is 5.57. The zero-order valence-corrected chi connectivity index (χ0v) is 13.8. The van der Waals surface area contributed by atoms with Crippen LogP contribution in [0.1, 0.15) is 20.3 Å². The number of thioether (sulfide) groups is 1. The first-order valence-corrected chi connectivity index (χ1v) is 8.62. The normalized spacial score (nSPS) is 12.0. The molecular weight excluding hydrogens is 325 g/mol. The van der Waals surface area contributed by atoms with Crippen molar-refractivity contribution >= 4 is 34.1 Å². The molecule has 0 bridgehead atoms. The van der Waals surface area contributed by atoms with Gasteiger partial charge in [0.2, 0.25) is 5.13 Å². The lowest BCUT2D eigenvalue weighted by Crippen LogP contribution is -2.32. The van der Waals surface area contributed by atoms with Gasteiger partial charge in [0.25, 0.3) is 5.91 Å². The fraction of sp³-hybridized carbons (Fsp3) is 0.357. The Bertz CT molecular complexity index is 619. The van der Waals surface area contributed by atoms with Crippen molar-refractivity contribution in [2.45, 2.75) is 30.7 Å². The number of rotatable bonds is 7. The van der Waals surface area contributed by atoms with Gasteiger partial charge in [0.15, 0.2) is 10.4 Å². The third-order valence-corrected chi connectivity index (χ3v) is 4.51. The van der Waals surface area contributed by atoms with E-state index in [1.165, 1.54) is 35.6 Å². The maximum absolute atomic E-state index is 12.9. The summed E-state index contributed by atoms with van der Waals surface area (Å²) in [4.78, 5) is 12.2. The van der Waals surface area contributed by atoms with Crippen LogP contribution in [0.15, 0.2) is 28.6 Å². The van der Waals surface area contributed by atoms with Gasteiger partial charge in [-0.15, -0.1) is 10.2 Å². The Morgan fingerprint density at radius 3 is 2.73 bits per heavy atom. The minimum atomic E-state index is -0.670. The Labute approximate surface area is 136 Å². The lowest BCUT2D eigenvalue weighted by atomic mass is 10.2. The molecule has 2 rings (SSSR count). The molecule has 118 valence electrons. The molecule has 1 N–H and O–H groups in total. The molecule has 2 aromatic rings. The molecule has 22 heavy (non-hydrogen) atoms. The van der Waals surface area contributed by atoms with Gasteiger partial charge < -0.3 is 4.74 Å². The van der Waals surface area contributed by atoms with Gasteiger partial charge in [-0.1, -0.05) is 36.9 Å². The van der Waals surface area contributed by atoms with Gasteiger partial charge in [-0.3, -0.25) is 10.1 Å². The topological polar surface area (TPSA) is 64.1 Å². The molecule has 0 radical (unpaired) electrons. The molecule has 0 fully saturated rings. The average molecular weight is 341 g/mol. The Morgan fingerprint density at radius 1 is 1.36 bits per heavy atom. The number of ether oxygens (including phenoxy) is 1. The van der Waals surface area contributed by atoms with E-state index in [9.17, 15) is 9.18 Å². The van der Waals surface area contributed by atoms with Gasteiger partial charge >= 0.3 is 0 Å². The quantitative estimate of drug-likeness (QED) is 0.616.